The van der Waals surface area contributed by atoms with E-state index < -0.39 is 0 Å². The standard InChI is InChI=1S/C18H19NO2/c1-11-7-12(2)9-14(8-11)19-18(21)17-10-16(17)13-3-5-15(20)6-4-13/h3-9,16-17,20H,10H2,1-2H3,(H,19,21). The summed E-state index contributed by atoms with van der Waals surface area (Å²) in [6, 6.07) is 13.2. The van der Waals surface area contributed by atoms with Gasteiger partial charge in [-0.1, -0.05) is 18.2 Å². The van der Waals surface area contributed by atoms with Gasteiger partial charge in [-0.3, -0.25) is 4.79 Å². The second kappa shape index (κ2) is 5.24. The summed E-state index contributed by atoms with van der Waals surface area (Å²) in [4.78, 5) is 12.3. The van der Waals surface area contributed by atoms with E-state index in [1.807, 2.05) is 38.1 Å². The summed E-state index contributed by atoms with van der Waals surface area (Å²) in [5.41, 5.74) is 4.29. The van der Waals surface area contributed by atoms with Crippen LogP contribution in [0.4, 0.5) is 5.69 Å². The van der Waals surface area contributed by atoms with Crippen LogP contribution in [-0.4, -0.2) is 11.0 Å². The molecule has 0 aromatic heterocycles. The van der Waals surface area contributed by atoms with Gasteiger partial charge in [-0.05, 0) is 67.1 Å². The lowest BCUT2D eigenvalue weighted by atomic mass is 10.1. The van der Waals surface area contributed by atoms with Gasteiger partial charge in [0.05, 0.1) is 0 Å². The molecule has 0 bridgehead atoms. The Morgan fingerprint density at radius 2 is 1.71 bits per heavy atom. The zero-order valence-corrected chi connectivity index (χ0v) is 12.3. The number of rotatable bonds is 3. The quantitative estimate of drug-likeness (QED) is 0.900. The first-order valence-electron chi connectivity index (χ1n) is 7.21. The normalized spacial score (nSPS) is 20.1. The maximum Gasteiger partial charge on any atom is 0.228 e. The summed E-state index contributed by atoms with van der Waals surface area (Å²) in [6.45, 7) is 4.05. The highest BCUT2D eigenvalue weighted by Crippen LogP contribution is 2.48. The van der Waals surface area contributed by atoms with E-state index >= 15 is 0 Å². The SMILES string of the molecule is Cc1cc(C)cc(NC(=O)C2CC2c2ccc(O)cc2)c1. The molecule has 2 aromatic carbocycles. The van der Waals surface area contributed by atoms with Crippen LogP contribution in [0.15, 0.2) is 42.5 Å². The Morgan fingerprint density at radius 3 is 2.33 bits per heavy atom. The smallest absolute Gasteiger partial charge is 0.228 e. The van der Waals surface area contributed by atoms with Crippen LogP contribution in [0.2, 0.25) is 0 Å². The monoisotopic (exact) mass is 281 g/mol. The molecule has 2 atom stereocenters. The molecule has 0 aliphatic heterocycles. The molecule has 0 heterocycles. The van der Waals surface area contributed by atoms with Crippen molar-refractivity contribution in [1.29, 1.82) is 0 Å². The van der Waals surface area contributed by atoms with Gasteiger partial charge in [-0.2, -0.15) is 0 Å². The number of anilines is 1. The number of nitrogens with one attached hydrogen (secondary N) is 1. The molecule has 2 aromatic rings. The number of hydrogen-bond acceptors (Lipinski definition) is 2. The van der Waals surface area contributed by atoms with E-state index in [1.165, 1.54) is 0 Å². The van der Waals surface area contributed by atoms with Gasteiger partial charge in [0.15, 0.2) is 0 Å². The van der Waals surface area contributed by atoms with Gasteiger partial charge in [0, 0.05) is 11.6 Å². The molecule has 1 aliphatic rings. The third kappa shape index (κ3) is 3.07. The predicted molar refractivity (Wildman–Crippen MR) is 83.5 cm³/mol. The zero-order chi connectivity index (χ0) is 15.0. The molecular weight excluding hydrogens is 262 g/mol. The lowest BCUT2D eigenvalue weighted by Crippen LogP contribution is -2.14. The van der Waals surface area contributed by atoms with E-state index in [9.17, 15) is 9.90 Å². The molecule has 1 aliphatic carbocycles. The van der Waals surface area contributed by atoms with E-state index in [2.05, 4.69) is 11.4 Å². The summed E-state index contributed by atoms with van der Waals surface area (Å²) < 4.78 is 0. The van der Waals surface area contributed by atoms with E-state index in [1.54, 1.807) is 12.1 Å². The predicted octanol–water partition coefficient (Wildman–Crippen LogP) is 3.75. The maximum absolute atomic E-state index is 12.3. The number of amides is 1. The number of hydrogen-bond donors (Lipinski definition) is 2. The molecule has 1 amide bonds. The zero-order valence-electron chi connectivity index (χ0n) is 12.3. The van der Waals surface area contributed by atoms with Crippen LogP contribution >= 0.6 is 0 Å². The van der Waals surface area contributed by atoms with Crippen LogP contribution < -0.4 is 5.32 Å². The van der Waals surface area contributed by atoms with Crippen molar-refractivity contribution in [2.75, 3.05) is 5.32 Å². The second-order valence-electron chi connectivity index (χ2n) is 5.91. The molecule has 0 radical (unpaired) electrons. The number of carbonyl (C=O) groups excluding carboxylic acids is 1. The van der Waals surface area contributed by atoms with E-state index in [4.69, 9.17) is 0 Å². The largest absolute Gasteiger partial charge is 0.508 e. The van der Waals surface area contributed by atoms with Gasteiger partial charge in [0.25, 0.3) is 0 Å². The second-order valence-corrected chi connectivity index (χ2v) is 5.91. The molecular formula is C18H19NO2. The van der Waals surface area contributed by atoms with Gasteiger partial charge >= 0.3 is 0 Å². The highest BCUT2D eigenvalue weighted by atomic mass is 16.3. The van der Waals surface area contributed by atoms with Crippen LogP contribution in [0.3, 0.4) is 0 Å². The fraction of sp³-hybridized carbons (Fsp3) is 0.278. The summed E-state index contributed by atoms with van der Waals surface area (Å²) in [6.07, 6.45) is 0.876. The number of benzene rings is 2. The molecule has 3 heteroatoms. The maximum atomic E-state index is 12.3. The third-order valence-electron chi connectivity index (χ3n) is 3.94. The van der Waals surface area contributed by atoms with Crippen molar-refractivity contribution in [3.05, 3.63) is 59.2 Å². The minimum atomic E-state index is 0.0374. The summed E-state index contributed by atoms with van der Waals surface area (Å²) in [5.74, 6) is 0.653. The molecule has 1 saturated carbocycles. The van der Waals surface area contributed by atoms with E-state index in [-0.39, 0.29) is 23.5 Å². The van der Waals surface area contributed by atoms with Gasteiger partial charge in [-0.15, -0.1) is 0 Å². The van der Waals surface area contributed by atoms with Crippen molar-refractivity contribution in [1.82, 2.24) is 0 Å². The van der Waals surface area contributed by atoms with Crippen molar-refractivity contribution in [2.45, 2.75) is 26.2 Å². The molecule has 2 unspecified atom stereocenters. The first-order chi connectivity index (χ1) is 10.0. The Hall–Kier alpha value is -2.29. The number of phenols is 1. The van der Waals surface area contributed by atoms with Crippen LogP contribution in [0.1, 0.15) is 29.0 Å². The lowest BCUT2D eigenvalue weighted by Gasteiger charge is -2.07. The van der Waals surface area contributed by atoms with Crippen molar-refractivity contribution in [3.8, 4) is 5.75 Å². The number of carbonyl (C=O) groups is 1. The van der Waals surface area contributed by atoms with Gasteiger partial charge in [0.1, 0.15) is 5.75 Å². The fourth-order valence-corrected chi connectivity index (χ4v) is 2.86. The Morgan fingerprint density at radius 1 is 1.10 bits per heavy atom. The van der Waals surface area contributed by atoms with Crippen LogP contribution in [0.5, 0.6) is 5.75 Å². The minimum Gasteiger partial charge on any atom is -0.508 e. The number of aromatic hydroxyl groups is 1. The highest BCUT2D eigenvalue weighted by Gasteiger charge is 2.43. The Kier molecular flexibility index (Phi) is 3.42. The molecule has 2 N–H and O–H groups in total. The van der Waals surface area contributed by atoms with Crippen molar-refractivity contribution >= 4 is 11.6 Å². The van der Waals surface area contributed by atoms with Gasteiger partial charge < -0.3 is 10.4 Å². The van der Waals surface area contributed by atoms with Crippen molar-refractivity contribution in [3.63, 3.8) is 0 Å². The summed E-state index contributed by atoms with van der Waals surface area (Å²) in [7, 11) is 0. The van der Waals surface area contributed by atoms with Crippen molar-refractivity contribution in [2.24, 2.45) is 5.92 Å². The molecule has 3 rings (SSSR count). The number of phenolic OH excluding ortho intramolecular Hbond substituents is 1. The highest BCUT2D eigenvalue weighted by molar-refractivity contribution is 5.95. The lowest BCUT2D eigenvalue weighted by molar-refractivity contribution is -0.117. The molecule has 0 saturated heterocycles. The van der Waals surface area contributed by atoms with Crippen LogP contribution in [0, 0.1) is 19.8 Å². The Labute approximate surface area is 124 Å². The topological polar surface area (TPSA) is 49.3 Å². The van der Waals surface area contributed by atoms with E-state index in [0.717, 1.165) is 28.8 Å². The van der Waals surface area contributed by atoms with Crippen LogP contribution in [-0.2, 0) is 4.79 Å². The Balaban J connectivity index is 1.66. The van der Waals surface area contributed by atoms with E-state index in [0.29, 0.717) is 0 Å². The summed E-state index contributed by atoms with van der Waals surface area (Å²) >= 11 is 0. The fourth-order valence-electron chi connectivity index (χ4n) is 2.86. The molecule has 3 nitrogen and oxygen atoms in total. The molecule has 108 valence electrons. The van der Waals surface area contributed by atoms with Gasteiger partial charge in [-0.25, -0.2) is 0 Å². The molecule has 1 fully saturated rings. The number of aryl methyl sites for hydroxylation is 2. The first-order valence-corrected chi connectivity index (χ1v) is 7.21. The average Bonchev–Trinajstić information content (AvgIpc) is 3.18. The minimum absolute atomic E-state index is 0.0374. The average molecular weight is 281 g/mol. The van der Waals surface area contributed by atoms with Gasteiger partial charge in [0.2, 0.25) is 5.91 Å². The summed E-state index contributed by atoms with van der Waals surface area (Å²) in [5, 5.41) is 12.3. The first kappa shape index (κ1) is 13.7. The molecule has 21 heavy (non-hydrogen) atoms. The molecule has 0 spiro atoms. The Bertz CT molecular complexity index is 656. The third-order valence-corrected chi connectivity index (χ3v) is 3.94. The van der Waals surface area contributed by atoms with Crippen LogP contribution in [0.25, 0.3) is 0 Å². The van der Waals surface area contributed by atoms with Crippen molar-refractivity contribution < 1.29 is 9.90 Å².